The normalized spacial score (nSPS) is 10.6. The van der Waals surface area contributed by atoms with Gasteiger partial charge in [0.15, 0.2) is 0 Å². The van der Waals surface area contributed by atoms with Crippen molar-refractivity contribution in [1.29, 1.82) is 0 Å². The Kier molecular flexibility index (Phi) is 5.79. The van der Waals surface area contributed by atoms with Gasteiger partial charge in [-0.25, -0.2) is 0 Å². The molecule has 1 aromatic carbocycles. The van der Waals surface area contributed by atoms with E-state index in [0.29, 0.717) is 12.0 Å². The molecule has 2 N–H and O–H groups in total. The molecule has 0 bridgehead atoms. The number of carbonyl (C=O) groups excluding carboxylic acids is 2. The Hall–Kier alpha value is -2.10. The summed E-state index contributed by atoms with van der Waals surface area (Å²) in [6, 6.07) is 7.16. The smallest absolute Gasteiger partial charge is 0.248 e. The molecule has 0 spiro atoms. The molecule has 0 atom stereocenters. The third kappa shape index (κ3) is 5.38. The maximum atomic E-state index is 11.3. The highest BCUT2D eigenvalue weighted by molar-refractivity contribution is 5.93. The van der Waals surface area contributed by atoms with E-state index in [1.54, 1.807) is 37.2 Å². The number of nitrogens with zero attached hydrogens (tertiary/aromatic N) is 1. The van der Waals surface area contributed by atoms with E-state index in [2.05, 4.69) is 0 Å². The number of primary amides is 1. The van der Waals surface area contributed by atoms with Crippen LogP contribution in [0.15, 0.2) is 30.3 Å². The highest BCUT2D eigenvalue weighted by Crippen LogP contribution is 2.08. The predicted octanol–water partition coefficient (Wildman–Crippen LogP) is 2.06. The number of hydrogen-bond acceptors (Lipinski definition) is 2. The number of unbranched alkanes of at least 4 members (excludes halogenated alkanes) is 1. The molecule has 0 aliphatic carbocycles. The van der Waals surface area contributed by atoms with Gasteiger partial charge in [0.2, 0.25) is 11.8 Å². The fourth-order valence-corrected chi connectivity index (χ4v) is 1.61. The fraction of sp³-hybridized carbons (Fsp3) is 0.333. The SMILES string of the molecule is CN(C)C(=O)CCC/C=C\c1cccc(C(N)=O)c1. The lowest BCUT2D eigenvalue weighted by atomic mass is 10.1. The Morgan fingerprint density at radius 2 is 2.05 bits per heavy atom. The number of carbonyl (C=O) groups is 2. The van der Waals surface area contributed by atoms with Gasteiger partial charge in [-0.1, -0.05) is 24.3 Å². The minimum Gasteiger partial charge on any atom is -0.366 e. The molecule has 0 heterocycles. The van der Waals surface area contributed by atoms with E-state index in [1.165, 1.54) is 0 Å². The maximum absolute atomic E-state index is 11.3. The van der Waals surface area contributed by atoms with Gasteiger partial charge in [-0.15, -0.1) is 0 Å². The molecule has 1 aromatic rings. The zero-order chi connectivity index (χ0) is 14.3. The first-order chi connectivity index (χ1) is 9.00. The van der Waals surface area contributed by atoms with Crippen LogP contribution in [0, 0.1) is 0 Å². The van der Waals surface area contributed by atoms with E-state index in [0.717, 1.165) is 18.4 Å². The van der Waals surface area contributed by atoms with Gasteiger partial charge in [-0.05, 0) is 30.5 Å². The lowest BCUT2D eigenvalue weighted by Crippen LogP contribution is -2.20. The van der Waals surface area contributed by atoms with Crippen LogP contribution < -0.4 is 5.73 Å². The zero-order valence-corrected chi connectivity index (χ0v) is 11.4. The van der Waals surface area contributed by atoms with E-state index in [9.17, 15) is 9.59 Å². The summed E-state index contributed by atoms with van der Waals surface area (Å²) < 4.78 is 0. The molecule has 0 aliphatic heterocycles. The van der Waals surface area contributed by atoms with Crippen LogP contribution in [0.2, 0.25) is 0 Å². The van der Waals surface area contributed by atoms with Crippen LogP contribution in [-0.2, 0) is 4.79 Å². The molecular weight excluding hydrogens is 240 g/mol. The van der Waals surface area contributed by atoms with E-state index >= 15 is 0 Å². The Labute approximate surface area is 113 Å². The summed E-state index contributed by atoms with van der Waals surface area (Å²) in [5, 5.41) is 0. The highest BCUT2D eigenvalue weighted by atomic mass is 16.2. The zero-order valence-electron chi connectivity index (χ0n) is 11.4. The minimum absolute atomic E-state index is 0.143. The number of amides is 2. The molecule has 0 radical (unpaired) electrons. The highest BCUT2D eigenvalue weighted by Gasteiger charge is 2.01. The lowest BCUT2D eigenvalue weighted by molar-refractivity contribution is -0.128. The van der Waals surface area contributed by atoms with Gasteiger partial charge in [0.1, 0.15) is 0 Å². The fourth-order valence-electron chi connectivity index (χ4n) is 1.61. The molecule has 0 saturated heterocycles. The van der Waals surface area contributed by atoms with Crippen LogP contribution in [0.3, 0.4) is 0 Å². The summed E-state index contributed by atoms with van der Waals surface area (Å²) in [6.07, 6.45) is 6.15. The van der Waals surface area contributed by atoms with E-state index in [1.807, 2.05) is 18.2 Å². The number of nitrogens with two attached hydrogens (primary N) is 1. The molecule has 0 saturated carbocycles. The molecule has 19 heavy (non-hydrogen) atoms. The summed E-state index contributed by atoms with van der Waals surface area (Å²) in [5.74, 6) is -0.282. The molecule has 0 aliphatic rings. The Morgan fingerprint density at radius 1 is 1.32 bits per heavy atom. The third-order valence-corrected chi connectivity index (χ3v) is 2.74. The molecule has 2 amide bonds. The van der Waals surface area contributed by atoms with Crippen molar-refractivity contribution < 1.29 is 9.59 Å². The van der Waals surface area contributed by atoms with Crippen molar-refractivity contribution in [1.82, 2.24) is 4.90 Å². The van der Waals surface area contributed by atoms with Crippen molar-refractivity contribution in [2.45, 2.75) is 19.3 Å². The van der Waals surface area contributed by atoms with Gasteiger partial charge in [-0.2, -0.15) is 0 Å². The number of hydrogen-bond donors (Lipinski definition) is 1. The second kappa shape index (κ2) is 7.36. The molecule has 0 fully saturated rings. The first kappa shape index (κ1) is 15.0. The quantitative estimate of drug-likeness (QED) is 0.796. The molecule has 0 unspecified atom stereocenters. The van der Waals surface area contributed by atoms with Crippen LogP contribution in [0.25, 0.3) is 6.08 Å². The average Bonchev–Trinajstić information content (AvgIpc) is 2.38. The molecule has 4 nitrogen and oxygen atoms in total. The van der Waals surface area contributed by atoms with E-state index in [-0.39, 0.29) is 5.91 Å². The molecule has 0 aromatic heterocycles. The molecule has 4 heteroatoms. The Bertz CT molecular complexity index is 479. The van der Waals surface area contributed by atoms with Crippen molar-refractivity contribution in [2.24, 2.45) is 5.73 Å². The van der Waals surface area contributed by atoms with Crippen LogP contribution in [0.1, 0.15) is 35.2 Å². The maximum Gasteiger partial charge on any atom is 0.248 e. The van der Waals surface area contributed by atoms with E-state index < -0.39 is 5.91 Å². The molecule has 1 rings (SSSR count). The Balaban J connectivity index is 2.43. The van der Waals surface area contributed by atoms with Crippen molar-refractivity contribution >= 4 is 17.9 Å². The van der Waals surface area contributed by atoms with Gasteiger partial charge in [0, 0.05) is 26.1 Å². The minimum atomic E-state index is -0.424. The van der Waals surface area contributed by atoms with Crippen molar-refractivity contribution in [3.8, 4) is 0 Å². The summed E-state index contributed by atoms with van der Waals surface area (Å²) in [4.78, 5) is 24.0. The largest absolute Gasteiger partial charge is 0.366 e. The third-order valence-electron chi connectivity index (χ3n) is 2.74. The van der Waals surface area contributed by atoms with Gasteiger partial charge >= 0.3 is 0 Å². The number of allylic oxidation sites excluding steroid dienone is 1. The van der Waals surface area contributed by atoms with E-state index in [4.69, 9.17) is 5.73 Å². The van der Waals surface area contributed by atoms with Crippen LogP contribution in [-0.4, -0.2) is 30.8 Å². The van der Waals surface area contributed by atoms with Crippen molar-refractivity contribution in [3.05, 3.63) is 41.5 Å². The number of rotatable bonds is 6. The van der Waals surface area contributed by atoms with Crippen molar-refractivity contribution in [2.75, 3.05) is 14.1 Å². The average molecular weight is 260 g/mol. The monoisotopic (exact) mass is 260 g/mol. The second-order valence-electron chi connectivity index (χ2n) is 4.57. The molecular formula is C15H20N2O2. The van der Waals surface area contributed by atoms with Gasteiger partial charge in [-0.3, -0.25) is 9.59 Å². The summed E-state index contributed by atoms with van der Waals surface area (Å²) in [7, 11) is 3.51. The second-order valence-corrected chi connectivity index (χ2v) is 4.57. The summed E-state index contributed by atoms with van der Waals surface area (Å²) >= 11 is 0. The van der Waals surface area contributed by atoms with Gasteiger partial charge in [0.25, 0.3) is 0 Å². The summed E-state index contributed by atoms with van der Waals surface area (Å²) in [6.45, 7) is 0. The number of benzene rings is 1. The van der Waals surface area contributed by atoms with Crippen LogP contribution in [0.4, 0.5) is 0 Å². The summed E-state index contributed by atoms with van der Waals surface area (Å²) in [5.41, 5.74) is 6.66. The molecule has 102 valence electrons. The Morgan fingerprint density at radius 3 is 2.68 bits per heavy atom. The predicted molar refractivity (Wildman–Crippen MR) is 76.5 cm³/mol. The van der Waals surface area contributed by atoms with Crippen LogP contribution >= 0.6 is 0 Å². The van der Waals surface area contributed by atoms with Gasteiger partial charge < -0.3 is 10.6 Å². The first-order valence-electron chi connectivity index (χ1n) is 6.27. The van der Waals surface area contributed by atoms with Crippen LogP contribution in [0.5, 0.6) is 0 Å². The van der Waals surface area contributed by atoms with Crippen molar-refractivity contribution in [3.63, 3.8) is 0 Å². The topological polar surface area (TPSA) is 63.4 Å². The lowest BCUT2D eigenvalue weighted by Gasteiger charge is -2.08. The first-order valence-corrected chi connectivity index (χ1v) is 6.27. The van der Waals surface area contributed by atoms with Gasteiger partial charge in [0.05, 0.1) is 0 Å². The standard InChI is InChI=1S/C15H20N2O2/c1-17(2)14(18)10-5-3-4-7-12-8-6-9-13(11-12)15(16)19/h4,6-9,11H,3,5,10H2,1-2H3,(H2,16,19)/b7-4-.